The lowest BCUT2D eigenvalue weighted by Gasteiger charge is -2.18. The van der Waals surface area contributed by atoms with Gasteiger partial charge in [0.1, 0.15) is 12.4 Å². The number of ether oxygens (including phenoxy) is 1. The highest BCUT2D eigenvalue weighted by Crippen LogP contribution is 2.17. The molecule has 7 nitrogen and oxygen atoms in total. The summed E-state index contributed by atoms with van der Waals surface area (Å²) >= 11 is 0. The molecule has 0 spiro atoms. The Hall–Kier alpha value is -2.36. The molecular weight excluding hydrogens is 493 g/mol. The van der Waals surface area contributed by atoms with Gasteiger partial charge in [-0.2, -0.15) is 0 Å². The lowest BCUT2D eigenvalue weighted by Crippen LogP contribution is -2.41. The van der Waals surface area contributed by atoms with Crippen molar-refractivity contribution in [3.63, 3.8) is 0 Å². The highest BCUT2D eigenvalue weighted by Gasteiger charge is 2.29. The van der Waals surface area contributed by atoms with Crippen LogP contribution in [0.5, 0.6) is 5.75 Å². The summed E-state index contributed by atoms with van der Waals surface area (Å²) in [5, 5.41) is 6.54. The number of hydrogen-bond acceptors (Lipinski definition) is 4. The van der Waals surface area contributed by atoms with Crippen LogP contribution in [0.4, 0.5) is 0 Å². The molecule has 1 amide bonds. The van der Waals surface area contributed by atoms with E-state index in [9.17, 15) is 4.79 Å². The number of guanidine groups is 1. The molecule has 1 fully saturated rings. The largest absolute Gasteiger partial charge is 0.490 e. The molecule has 0 radical (unpaired) electrons. The van der Waals surface area contributed by atoms with E-state index in [0.29, 0.717) is 25.5 Å². The van der Waals surface area contributed by atoms with Gasteiger partial charge in [0.25, 0.3) is 0 Å². The van der Waals surface area contributed by atoms with Crippen molar-refractivity contribution in [1.29, 1.82) is 0 Å². The number of halogens is 1. The highest BCUT2D eigenvalue weighted by atomic mass is 127. The number of nitrogens with zero attached hydrogens (tertiary/aromatic N) is 3. The molecule has 2 N–H and O–H groups in total. The van der Waals surface area contributed by atoms with Crippen LogP contribution < -0.4 is 15.4 Å². The SMILES string of the molecule is CN=C(NCCOc1cccnc1)NCC1CC(=O)N(CCc2ccccc2)C1.I. The van der Waals surface area contributed by atoms with Gasteiger partial charge in [0, 0.05) is 45.2 Å². The average molecular weight is 523 g/mol. The maximum Gasteiger partial charge on any atom is 0.223 e. The van der Waals surface area contributed by atoms with E-state index in [0.717, 1.165) is 37.8 Å². The Morgan fingerprint density at radius 1 is 1.23 bits per heavy atom. The summed E-state index contributed by atoms with van der Waals surface area (Å²) in [6.45, 7) is 3.43. The summed E-state index contributed by atoms with van der Waals surface area (Å²) in [6, 6.07) is 14.0. The number of amides is 1. The minimum atomic E-state index is 0. The third-order valence-corrected chi connectivity index (χ3v) is 4.89. The average Bonchev–Trinajstić information content (AvgIpc) is 3.12. The first kappa shape index (κ1) is 23.9. The van der Waals surface area contributed by atoms with Crippen LogP contribution in [-0.2, 0) is 11.2 Å². The van der Waals surface area contributed by atoms with Gasteiger partial charge in [0.05, 0.1) is 12.7 Å². The minimum Gasteiger partial charge on any atom is -0.490 e. The normalized spacial score (nSPS) is 16.2. The maximum absolute atomic E-state index is 12.3. The first-order chi connectivity index (χ1) is 14.2. The number of hydrogen-bond donors (Lipinski definition) is 2. The molecule has 2 heterocycles. The van der Waals surface area contributed by atoms with Gasteiger partial charge in [0.15, 0.2) is 5.96 Å². The van der Waals surface area contributed by atoms with Crippen LogP contribution in [0.2, 0.25) is 0 Å². The third kappa shape index (κ3) is 7.81. The highest BCUT2D eigenvalue weighted by molar-refractivity contribution is 14.0. The van der Waals surface area contributed by atoms with Crippen LogP contribution in [0.15, 0.2) is 59.9 Å². The molecule has 1 aliphatic rings. The van der Waals surface area contributed by atoms with Crippen LogP contribution in [0.3, 0.4) is 0 Å². The lowest BCUT2D eigenvalue weighted by molar-refractivity contribution is -0.127. The van der Waals surface area contributed by atoms with E-state index >= 15 is 0 Å². The van der Waals surface area contributed by atoms with E-state index in [1.54, 1.807) is 19.4 Å². The third-order valence-electron chi connectivity index (χ3n) is 4.89. The number of carbonyl (C=O) groups is 1. The Morgan fingerprint density at radius 3 is 2.80 bits per heavy atom. The number of aromatic nitrogens is 1. The summed E-state index contributed by atoms with van der Waals surface area (Å²) < 4.78 is 5.61. The van der Waals surface area contributed by atoms with Crippen molar-refractivity contribution in [2.75, 3.05) is 39.8 Å². The van der Waals surface area contributed by atoms with Crippen molar-refractivity contribution in [3.8, 4) is 5.75 Å². The monoisotopic (exact) mass is 523 g/mol. The van der Waals surface area contributed by atoms with E-state index in [4.69, 9.17) is 4.74 Å². The zero-order chi connectivity index (χ0) is 20.3. The number of pyridine rings is 1. The van der Waals surface area contributed by atoms with Crippen LogP contribution >= 0.6 is 24.0 Å². The molecule has 2 aromatic rings. The van der Waals surface area contributed by atoms with Crippen LogP contribution in [0.25, 0.3) is 0 Å². The molecule has 1 atom stereocenters. The predicted molar refractivity (Wildman–Crippen MR) is 129 cm³/mol. The molecule has 0 saturated carbocycles. The standard InChI is InChI=1S/C22H29N5O2.HI/c1-23-22(25-11-13-29-20-8-5-10-24-16-20)26-15-19-14-21(28)27(17-19)12-9-18-6-3-2-4-7-18;/h2-8,10,16,19H,9,11-15,17H2,1H3,(H2,23,25,26);1H. The number of carbonyl (C=O) groups excluding carboxylic acids is 1. The number of benzene rings is 1. The molecule has 1 unspecified atom stereocenters. The van der Waals surface area contributed by atoms with Crippen molar-refractivity contribution in [2.45, 2.75) is 12.8 Å². The quantitative estimate of drug-likeness (QED) is 0.229. The Morgan fingerprint density at radius 2 is 2.07 bits per heavy atom. The summed E-state index contributed by atoms with van der Waals surface area (Å²) in [4.78, 5) is 22.5. The molecule has 1 aromatic carbocycles. The molecule has 1 aromatic heterocycles. The van der Waals surface area contributed by atoms with Gasteiger partial charge in [-0.05, 0) is 24.1 Å². The van der Waals surface area contributed by atoms with Crippen LogP contribution in [0.1, 0.15) is 12.0 Å². The Labute approximate surface area is 195 Å². The smallest absolute Gasteiger partial charge is 0.223 e. The molecule has 30 heavy (non-hydrogen) atoms. The molecule has 8 heteroatoms. The topological polar surface area (TPSA) is 78.9 Å². The van der Waals surface area contributed by atoms with E-state index in [1.807, 2.05) is 35.2 Å². The van der Waals surface area contributed by atoms with Crippen molar-refractivity contribution >= 4 is 35.8 Å². The molecule has 162 valence electrons. The van der Waals surface area contributed by atoms with Crippen LogP contribution in [0, 0.1) is 5.92 Å². The second-order valence-electron chi connectivity index (χ2n) is 7.06. The second kappa shape index (κ2) is 13.0. The van der Waals surface area contributed by atoms with E-state index < -0.39 is 0 Å². The van der Waals surface area contributed by atoms with Crippen molar-refractivity contribution in [1.82, 2.24) is 20.5 Å². The first-order valence-electron chi connectivity index (χ1n) is 10.0. The van der Waals surface area contributed by atoms with E-state index in [-0.39, 0.29) is 29.9 Å². The Balaban J connectivity index is 0.00000320. The van der Waals surface area contributed by atoms with Gasteiger partial charge in [-0.15, -0.1) is 24.0 Å². The number of rotatable bonds is 9. The molecule has 0 aliphatic carbocycles. The Bertz CT molecular complexity index is 789. The van der Waals surface area contributed by atoms with Gasteiger partial charge in [-0.1, -0.05) is 30.3 Å². The van der Waals surface area contributed by atoms with Crippen molar-refractivity contribution in [3.05, 3.63) is 60.4 Å². The number of aliphatic imine (C=N–C) groups is 1. The fourth-order valence-corrected chi connectivity index (χ4v) is 3.35. The minimum absolute atomic E-state index is 0. The first-order valence-corrected chi connectivity index (χ1v) is 10.0. The van der Waals surface area contributed by atoms with Crippen molar-refractivity contribution in [2.24, 2.45) is 10.9 Å². The van der Waals surface area contributed by atoms with Gasteiger partial charge in [0.2, 0.25) is 5.91 Å². The number of likely N-dealkylation sites (tertiary alicyclic amines) is 1. The zero-order valence-electron chi connectivity index (χ0n) is 17.3. The molecular formula is C22H30IN5O2. The summed E-state index contributed by atoms with van der Waals surface area (Å²) in [5.41, 5.74) is 1.26. The van der Waals surface area contributed by atoms with Gasteiger partial charge < -0.3 is 20.3 Å². The number of nitrogens with one attached hydrogen (secondary N) is 2. The fourth-order valence-electron chi connectivity index (χ4n) is 3.35. The summed E-state index contributed by atoms with van der Waals surface area (Å²) in [7, 11) is 1.74. The molecule has 0 bridgehead atoms. The summed E-state index contributed by atoms with van der Waals surface area (Å²) in [6.07, 6.45) is 4.89. The Kier molecular flexibility index (Phi) is 10.4. The van der Waals surface area contributed by atoms with E-state index in [2.05, 4.69) is 32.7 Å². The van der Waals surface area contributed by atoms with Gasteiger partial charge in [-0.3, -0.25) is 14.8 Å². The fraction of sp³-hybridized carbons (Fsp3) is 0.409. The van der Waals surface area contributed by atoms with Gasteiger partial charge >= 0.3 is 0 Å². The molecule has 3 rings (SSSR count). The van der Waals surface area contributed by atoms with Gasteiger partial charge in [-0.25, -0.2) is 0 Å². The van der Waals surface area contributed by atoms with E-state index in [1.165, 1.54) is 5.56 Å². The second-order valence-corrected chi connectivity index (χ2v) is 7.06. The maximum atomic E-state index is 12.3. The summed E-state index contributed by atoms with van der Waals surface area (Å²) in [5.74, 6) is 2.00. The molecule has 1 saturated heterocycles. The van der Waals surface area contributed by atoms with Crippen LogP contribution in [-0.4, -0.2) is 61.6 Å². The zero-order valence-corrected chi connectivity index (χ0v) is 19.6. The lowest BCUT2D eigenvalue weighted by atomic mass is 10.1. The van der Waals surface area contributed by atoms with Crippen molar-refractivity contribution < 1.29 is 9.53 Å². The molecule has 1 aliphatic heterocycles. The predicted octanol–water partition coefficient (Wildman–Crippen LogP) is 2.33.